The number of hydrogen-bond acceptors (Lipinski definition) is 4. The van der Waals surface area contributed by atoms with Gasteiger partial charge in [-0.15, -0.1) is 0 Å². The molecule has 0 spiro atoms. The third-order valence-corrected chi connectivity index (χ3v) is 10.5. The summed E-state index contributed by atoms with van der Waals surface area (Å²) in [5.41, 5.74) is 14.2. The highest BCUT2D eigenvalue weighted by molar-refractivity contribution is 6.07. The van der Waals surface area contributed by atoms with Crippen LogP contribution in [-0.2, 0) is 0 Å². The Labute approximate surface area is 325 Å². The molecule has 0 radical (unpaired) electrons. The number of benzene rings is 8. The molecule has 0 fully saturated rings. The molecule has 266 valence electrons. The minimum absolute atomic E-state index is 0.871. The van der Waals surface area contributed by atoms with Crippen molar-refractivity contribution in [1.29, 1.82) is 0 Å². The van der Waals surface area contributed by atoms with E-state index >= 15 is 0 Å². The summed E-state index contributed by atoms with van der Waals surface area (Å²) in [5.74, 6) is 0. The van der Waals surface area contributed by atoms with Crippen LogP contribution in [0.1, 0.15) is 11.1 Å². The predicted molar refractivity (Wildman–Crippen MR) is 236 cm³/mol. The smallest absolute Gasteiger partial charge is 0.135 e. The fourth-order valence-corrected chi connectivity index (χ4v) is 7.79. The molecule has 0 atom stereocenters. The first-order valence-electron chi connectivity index (χ1n) is 18.7. The molecule has 0 saturated heterocycles. The normalized spacial score (nSPS) is 11.4. The monoisotopic (exact) mass is 720 g/mol. The predicted octanol–water partition coefficient (Wildman–Crippen LogP) is 15.4. The summed E-state index contributed by atoms with van der Waals surface area (Å²) < 4.78 is 12.3. The van der Waals surface area contributed by atoms with Gasteiger partial charge >= 0.3 is 0 Å². The number of fused-ring (bicyclic) bond motifs is 6. The van der Waals surface area contributed by atoms with Gasteiger partial charge in [0.25, 0.3) is 0 Å². The Balaban J connectivity index is 1.02. The van der Waals surface area contributed by atoms with E-state index in [9.17, 15) is 0 Å². The van der Waals surface area contributed by atoms with Crippen LogP contribution in [0.3, 0.4) is 0 Å². The average Bonchev–Trinajstić information content (AvgIpc) is 3.82. The Hall–Kier alpha value is -7.56. The Morgan fingerprint density at radius 3 is 1.12 bits per heavy atom. The van der Waals surface area contributed by atoms with Gasteiger partial charge in [0.05, 0.1) is 0 Å². The lowest BCUT2D eigenvalue weighted by molar-refractivity contribution is 0.668. The van der Waals surface area contributed by atoms with Crippen LogP contribution < -0.4 is 9.80 Å². The Kier molecular flexibility index (Phi) is 8.08. The van der Waals surface area contributed by atoms with Crippen molar-refractivity contribution in [2.75, 3.05) is 9.80 Å². The summed E-state index contributed by atoms with van der Waals surface area (Å²) in [6.45, 7) is 8.06. The second kappa shape index (κ2) is 13.7. The quantitative estimate of drug-likeness (QED) is 0.149. The van der Waals surface area contributed by atoms with E-state index in [4.69, 9.17) is 8.83 Å². The van der Waals surface area contributed by atoms with Crippen molar-refractivity contribution in [3.8, 4) is 11.1 Å². The molecule has 10 aromatic rings. The Bertz CT molecular complexity index is 2870. The van der Waals surface area contributed by atoms with Crippen LogP contribution in [0.2, 0.25) is 0 Å². The van der Waals surface area contributed by atoms with Gasteiger partial charge in [-0.05, 0) is 119 Å². The number of furan rings is 2. The third kappa shape index (κ3) is 5.81. The number of nitrogens with zero attached hydrogens (tertiary/aromatic N) is 2. The van der Waals surface area contributed by atoms with E-state index in [0.717, 1.165) is 100 Å². The lowest BCUT2D eigenvalue weighted by atomic mass is 10.0. The molecule has 0 aliphatic heterocycles. The van der Waals surface area contributed by atoms with E-state index in [1.807, 2.05) is 36.4 Å². The highest BCUT2D eigenvalue weighted by Gasteiger charge is 2.18. The molecule has 4 heteroatoms. The van der Waals surface area contributed by atoms with Crippen LogP contribution >= 0.6 is 0 Å². The third-order valence-electron chi connectivity index (χ3n) is 10.5. The van der Waals surface area contributed by atoms with E-state index in [-0.39, 0.29) is 0 Å². The van der Waals surface area contributed by atoms with Crippen molar-refractivity contribution < 1.29 is 8.83 Å². The lowest BCUT2D eigenvalue weighted by Crippen LogP contribution is -2.10. The molecule has 4 nitrogen and oxygen atoms in total. The summed E-state index contributed by atoms with van der Waals surface area (Å²) in [5, 5.41) is 4.38. The first kappa shape index (κ1) is 33.0. The molecule has 8 aromatic carbocycles. The molecule has 0 aliphatic carbocycles. The molecule has 0 saturated carbocycles. The van der Waals surface area contributed by atoms with Crippen molar-refractivity contribution in [3.05, 3.63) is 206 Å². The van der Waals surface area contributed by atoms with E-state index in [1.165, 1.54) is 0 Å². The summed E-state index contributed by atoms with van der Waals surface area (Å²) in [6, 6.07) is 63.7. The van der Waals surface area contributed by atoms with E-state index in [1.54, 1.807) is 0 Å². The highest BCUT2D eigenvalue weighted by atomic mass is 16.3. The van der Waals surface area contributed by atoms with Crippen LogP contribution in [0.25, 0.3) is 67.2 Å². The second-order valence-corrected chi connectivity index (χ2v) is 13.9. The zero-order valence-corrected chi connectivity index (χ0v) is 30.6. The van der Waals surface area contributed by atoms with Crippen LogP contribution in [0.5, 0.6) is 0 Å². The van der Waals surface area contributed by atoms with Crippen LogP contribution in [0.15, 0.2) is 204 Å². The second-order valence-electron chi connectivity index (χ2n) is 13.9. The van der Waals surface area contributed by atoms with Gasteiger partial charge in [0.2, 0.25) is 0 Å². The first-order valence-corrected chi connectivity index (χ1v) is 18.7. The van der Waals surface area contributed by atoms with E-state index in [0.29, 0.717) is 0 Å². The molecule has 0 amide bonds. The molecular weight excluding hydrogens is 685 g/mol. The summed E-state index contributed by atoms with van der Waals surface area (Å²) in [7, 11) is 0. The van der Waals surface area contributed by atoms with Gasteiger partial charge in [-0.3, -0.25) is 0 Å². The van der Waals surface area contributed by atoms with Crippen LogP contribution in [-0.4, -0.2) is 0 Å². The van der Waals surface area contributed by atoms with E-state index < -0.39 is 0 Å². The van der Waals surface area contributed by atoms with Gasteiger partial charge in [0.1, 0.15) is 22.3 Å². The minimum Gasteiger partial charge on any atom is -0.456 e. The zero-order valence-electron chi connectivity index (χ0n) is 30.6. The number of para-hydroxylation sites is 2. The van der Waals surface area contributed by atoms with Gasteiger partial charge in [-0.1, -0.05) is 110 Å². The van der Waals surface area contributed by atoms with Crippen molar-refractivity contribution in [2.24, 2.45) is 0 Å². The Morgan fingerprint density at radius 2 is 0.696 bits per heavy atom. The maximum atomic E-state index is 6.17. The molecule has 2 heterocycles. The van der Waals surface area contributed by atoms with Crippen LogP contribution in [0.4, 0.5) is 34.1 Å². The van der Waals surface area contributed by atoms with Gasteiger partial charge in [-0.2, -0.15) is 0 Å². The maximum absolute atomic E-state index is 6.17. The fraction of sp³-hybridized carbons (Fsp3) is 0. The fourth-order valence-electron chi connectivity index (χ4n) is 7.79. The minimum atomic E-state index is 0.871. The molecule has 0 bridgehead atoms. The zero-order chi connectivity index (χ0) is 37.6. The summed E-state index contributed by atoms with van der Waals surface area (Å²) in [6.07, 6.45) is 3.77. The van der Waals surface area contributed by atoms with Gasteiger partial charge in [0, 0.05) is 55.7 Å². The topological polar surface area (TPSA) is 32.8 Å². The highest BCUT2D eigenvalue weighted by Crippen LogP contribution is 2.42. The molecule has 0 unspecified atom stereocenters. The average molecular weight is 721 g/mol. The number of anilines is 6. The Morgan fingerprint density at radius 1 is 0.321 bits per heavy atom. The number of hydrogen-bond donors (Lipinski definition) is 0. The standard InChI is InChI=1S/C52H36N2O2/c1-3-35-11-9-13-41(31-35)53(43-27-29-51-47(33-43)45-15-5-7-17-49(45)55-51)39-23-19-37(20-24-39)38-21-25-40(26-22-38)54(42-14-10-12-36(4-2)32-42)44-28-30-52-48(34-44)46-16-6-8-18-50(46)56-52/h3-34H,1-2H2. The molecule has 0 N–H and O–H groups in total. The van der Waals surface area contributed by atoms with Crippen LogP contribution in [0, 0.1) is 0 Å². The largest absolute Gasteiger partial charge is 0.456 e. The molecule has 2 aromatic heterocycles. The van der Waals surface area contributed by atoms with Gasteiger partial charge in [0.15, 0.2) is 0 Å². The SMILES string of the molecule is C=Cc1cccc(N(c2ccc(-c3ccc(N(c4cccc(C=C)c4)c4ccc5oc6ccccc6c5c4)cc3)cc2)c2ccc3oc4ccccc4c3c2)c1. The molecule has 0 aliphatic rings. The van der Waals surface area contributed by atoms with Gasteiger partial charge in [-0.25, -0.2) is 0 Å². The molecule has 10 rings (SSSR count). The summed E-state index contributed by atoms with van der Waals surface area (Å²) in [4.78, 5) is 4.58. The molecular formula is C52H36N2O2. The van der Waals surface area contributed by atoms with Gasteiger partial charge < -0.3 is 18.6 Å². The van der Waals surface area contributed by atoms with Crippen molar-refractivity contribution in [1.82, 2.24) is 0 Å². The maximum Gasteiger partial charge on any atom is 0.135 e. The lowest BCUT2D eigenvalue weighted by Gasteiger charge is -2.26. The summed E-state index contributed by atoms with van der Waals surface area (Å²) >= 11 is 0. The van der Waals surface area contributed by atoms with Crippen molar-refractivity contribution in [2.45, 2.75) is 0 Å². The van der Waals surface area contributed by atoms with Crippen molar-refractivity contribution >= 4 is 90.2 Å². The molecule has 56 heavy (non-hydrogen) atoms. The van der Waals surface area contributed by atoms with E-state index in [2.05, 4.69) is 181 Å². The first-order chi connectivity index (χ1) is 27.6. The van der Waals surface area contributed by atoms with Crippen molar-refractivity contribution in [3.63, 3.8) is 0 Å². The number of rotatable bonds is 9.